The Kier molecular flexibility index (Phi) is 3.76. The van der Waals surface area contributed by atoms with Gasteiger partial charge in [0.1, 0.15) is 4.88 Å². The summed E-state index contributed by atoms with van der Waals surface area (Å²) in [7, 11) is 0. The lowest BCUT2D eigenvalue weighted by atomic mass is 10.1. The second-order valence-corrected chi connectivity index (χ2v) is 6.44. The van der Waals surface area contributed by atoms with E-state index < -0.39 is 5.97 Å². The fourth-order valence-electron chi connectivity index (χ4n) is 3.20. The zero-order valence-corrected chi connectivity index (χ0v) is 12.4. The Morgan fingerprint density at radius 3 is 3.00 bits per heavy atom. The second kappa shape index (κ2) is 5.54. The molecule has 106 valence electrons. The van der Waals surface area contributed by atoms with Crippen LogP contribution >= 0.6 is 11.3 Å². The maximum Gasteiger partial charge on any atom is 0.346 e. The molecule has 4 heteroatoms. The first-order chi connectivity index (χ1) is 9.70. The van der Waals surface area contributed by atoms with E-state index >= 15 is 0 Å². The summed E-state index contributed by atoms with van der Waals surface area (Å²) < 4.78 is 1.08. The molecular formula is C16H19NO2S. The van der Waals surface area contributed by atoms with Crippen molar-refractivity contribution in [2.24, 2.45) is 0 Å². The van der Waals surface area contributed by atoms with Crippen LogP contribution in [0.2, 0.25) is 0 Å². The molecule has 1 aliphatic rings. The Balaban J connectivity index is 2.00. The minimum absolute atomic E-state index is 0.507. The normalized spacial score (nSPS) is 19.8. The molecule has 1 atom stereocenters. The number of carboxylic acids is 1. The first-order valence-electron chi connectivity index (χ1n) is 7.18. The lowest BCUT2D eigenvalue weighted by molar-refractivity contribution is 0.0700. The van der Waals surface area contributed by atoms with Crippen LogP contribution in [0.25, 0.3) is 10.1 Å². The quantitative estimate of drug-likeness (QED) is 0.925. The molecule has 3 nitrogen and oxygen atoms in total. The lowest BCUT2D eigenvalue weighted by Crippen LogP contribution is -2.28. The minimum Gasteiger partial charge on any atom is -0.477 e. The average molecular weight is 289 g/mol. The summed E-state index contributed by atoms with van der Waals surface area (Å²) in [6.45, 7) is 4.07. The summed E-state index contributed by atoms with van der Waals surface area (Å²) in [5.41, 5.74) is 0.999. The first-order valence-corrected chi connectivity index (χ1v) is 8.00. The van der Waals surface area contributed by atoms with Crippen LogP contribution in [0, 0.1) is 0 Å². The molecule has 0 saturated carbocycles. The van der Waals surface area contributed by atoms with Gasteiger partial charge in [-0.1, -0.05) is 25.1 Å². The van der Waals surface area contributed by atoms with Crippen molar-refractivity contribution < 1.29 is 9.90 Å². The van der Waals surface area contributed by atoms with Gasteiger partial charge in [0.15, 0.2) is 0 Å². The third-order valence-corrected chi connectivity index (χ3v) is 5.43. The Bertz CT molecular complexity index is 634. The number of carbonyl (C=O) groups is 1. The molecule has 0 spiro atoms. The van der Waals surface area contributed by atoms with Crippen molar-refractivity contribution in [1.29, 1.82) is 0 Å². The van der Waals surface area contributed by atoms with Gasteiger partial charge in [-0.05, 0) is 42.8 Å². The summed E-state index contributed by atoms with van der Waals surface area (Å²) in [5, 5.41) is 10.6. The maximum atomic E-state index is 11.5. The SMILES string of the molecule is CCC1CCCN1Cc1c(C(=O)O)sc2ccccc12. The maximum absolute atomic E-state index is 11.5. The van der Waals surface area contributed by atoms with Gasteiger partial charge in [0.2, 0.25) is 0 Å². The zero-order valence-electron chi connectivity index (χ0n) is 11.6. The molecular weight excluding hydrogens is 270 g/mol. The molecule has 1 aliphatic heterocycles. The van der Waals surface area contributed by atoms with Crippen LogP contribution in [0.4, 0.5) is 0 Å². The molecule has 20 heavy (non-hydrogen) atoms. The Morgan fingerprint density at radius 1 is 1.45 bits per heavy atom. The third kappa shape index (κ3) is 2.34. The summed E-state index contributed by atoms with van der Waals surface area (Å²) in [6.07, 6.45) is 3.61. The van der Waals surface area contributed by atoms with Crippen molar-refractivity contribution >= 4 is 27.4 Å². The number of benzene rings is 1. The molecule has 1 aromatic heterocycles. The van der Waals surface area contributed by atoms with Crippen LogP contribution in [0.1, 0.15) is 41.4 Å². The van der Waals surface area contributed by atoms with E-state index in [4.69, 9.17) is 0 Å². The fourth-order valence-corrected chi connectivity index (χ4v) is 4.25. The Labute approximate surface area is 122 Å². The van der Waals surface area contributed by atoms with Gasteiger partial charge < -0.3 is 5.11 Å². The molecule has 2 aromatic rings. The van der Waals surface area contributed by atoms with E-state index in [0.29, 0.717) is 10.9 Å². The highest BCUT2D eigenvalue weighted by molar-refractivity contribution is 7.21. The van der Waals surface area contributed by atoms with Crippen molar-refractivity contribution in [3.63, 3.8) is 0 Å². The summed E-state index contributed by atoms with van der Waals surface area (Å²) in [6, 6.07) is 8.63. The van der Waals surface area contributed by atoms with E-state index in [1.807, 2.05) is 24.3 Å². The summed E-state index contributed by atoms with van der Waals surface area (Å²) >= 11 is 1.40. The standard InChI is InChI=1S/C16H19NO2S/c1-2-11-6-5-9-17(11)10-13-12-7-3-4-8-14(12)20-15(13)16(18)19/h3-4,7-8,11H,2,5-6,9-10H2,1H3,(H,18,19). The molecule has 2 heterocycles. The van der Waals surface area contributed by atoms with E-state index in [0.717, 1.165) is 35.2 Å². The van der Waals surface area contributed by atoms with Crippen LogP contribution in [-0.4, -0.2) is 28.6 Å². The third-order valence-electron chi connectivity index (χ3n) is 4.22. The van der Waals surface area contributed by atoms with Crippen LogP contribution in [0.3, 0.4) is 0 Å². The van der Waals surface area contributed by atoms with Gasteiger partial charge in [0.05, 0.1) is 0 Å². The van der Waals surface area contributed by atoms with E-state index in [1.54, 1.807) is 0 Å². The lowest BCUT2D eigenvalue weighted by Gasteiger charge is -2.23. The van der Waals surface area contributed by atoms with Gasteiger partial charge in [-0.2, -0.15) is 0 Å². The van der Waals surface area contributed by atoms with Crippen molar-refractivity contribution in [3.8, 4) is 0 Å². The fraction of sp³-hybridized carbons (Fsp3) is 0.438. The molecule has 3 rings (SSSR count). The summed E-state index contributed by atoms with van der Waals surface area (Å²) in [5.74, 6) is -0.798. The van der Waals surface area contributed by atoms with Crippen LogP contribution < -0.4 is 0 Å². The number of hydrogen-bond acceptors (Lipinski definition) is 3. The molecule has 1 N–H and O–H groups in total. The van der Waals surface area contributed by atoms with E-state index in [9.17, 15) is 9.90 Å². The van der Waals surface area contributed by atoms with E-state index in [1.165, 1.54) is 24.2 Å². The number of carboxylic acid groups (broad SMARTS) is 1. The van der Waals surface area contributed by atoms with Gasteiger partial charge in [-0.3, -0.25) is 4.90 Å². The first kappa shape index (κ1) is 13.6. The number of nitrogens with zero attached hydrogens (tertiary/aromatic N) is 1. The number of rotatable bonds is 4. The summed E-state index contributed by atoms with van der Waals surface area (Å²) in [4.78, 5) is 14.5. The Morgan fingerprint density at radius 2 is 2.25 bits per heavy atom. The number of aromatic carboxylic acids is 1. The smallest absolute Gasteiger partial charge is 0.346 e. The average Bonchev–Trinajstić information content (AvgIpc) is 3.04. The molecule has 1 unspecified atom stereocenters. The van der Waals surface area contributed by atoms with Gasteiger partial charge in [-0.15, -0.1) is 11.3 Å². The predicted octanol–water partition coefficient (Wildman–Crippen LogP) is 3.97. The van der Waals surface area contributed by atoms with Gasteiger partial charge >= 0.3 is 5.97 Å². The van der Waals surface area contributed by atoms with Crippen LogP contribution in [0.5, 0.6) is 0 Å². The van der Waals surface area contributed by atoms with Crippen molar-refractivity contribution in [1.82, 2.24) is 4.90 Å². The van der Waals surface area contributed by atoms with E-state index in [2.05, 4.69) is 11.8 Å². The number of likely N-dealkylation sites (tertiary alicyclic amines) is 1. The second-order valence-electron chi connectivity index (χ2n) is 5.39. The van der Waals surface area contributed by atoms with Gasteiger partial charge in [0.25, 0.3) is 0 Å². The molecule has 0 amide bonds. The topological polar surface area (TPSA) is 40.5 Å². The number of fused-ring (bicyclic) bond motifs is 1. The highest BCUT2D eigenvalue weighted by Crippen LogP contribution is 2.34. The molecule has 0 bridgehead atoms. The number of thiophene rings is 1. The highest BCUT2D eigenvalue weighted by atomic mass is 32.1. The monoisotopic (exact) mass is 289 g/mol. The molecule has 1 fully saturated rings. The zero-order chi connectivity index (χ0) is 14.1. The predicted molar refractivity (Wildman–Crippen MR) is 82.5 cm³/mol. The largest absolute Gasteiger partial charge is 0.477 e. The van der Waals surface area contributed by atoms with Gasteiger partial charge in [-0.25, -0.2) is 4.79 Å². The Hall–Kier alpha value is -1.39. The minimum atomic E-state index is -0.798. The van der Waals surface area contributed by atoms with Crippen LogP contribution in [-0.2, 0) is 6.54 Å². The molecule has 1 saturated heterocycles. The highest BCUT2D eigenvalue weighted by Gasteiger charge is 2.26. The molecule has 0 aliphatic carbocycles. The molecule has 1 aromatic carbocycles. The van der Waals surface area contributed by atoms with Crippen molar-refractivity contribution in [3.05, 3.63) is 34.7 Å². The van der Waals surface area contributed by atoms with Crippen molar-refractivity contribution in [2.45, 2.75) is 38.8 Å². The van der Waals surface area contributed by atoms with E-state index in [-0.39, 0.29) is 0 Å². The van der Waals surface area contributed by atoms with Crippen molar-refractivity contribution in [2.75, 3.05) is 6.54 Å². The van der Waals surface area contributed by atoms with Gasteiger partial charge in [0, 0.05) is 17.3 Å². The molecule has 0 radical (unpaired) electrons. The number of hydrogen-bond donors (Lipinski definition) is 1. The van der Waals surface area contributed by atoms with Crippen LogP contribution in [0.15, 0.2) is 24.3 Å².